The molecule has 0 saturated heterocycles. The lowest BCUT2D eigenvalue weighted by atomic mass is 10.1. The van der Waals surface area contributed by atoms with E-state index in [1.165, 1.54) is 0 Å². The summed E-state index contributed by atoms with van der Waals surface area (Å²) in [6.45, 7) is 3.95. The SMILES string of the molecule is COCCNC(=O)CNC(=O)C(C)(C)Oc1ccc(Cl)cc1. The van der Waals surface area contributed by atoms with Gasteiger partial charge in [0.1, 0.15) is 5.75 Å². The second-order valence-corrected chi connectivity index (χ2v) is 5.53. The maximum Gasteiger partial charge on any atom is 0.264 e. The first-order valence-corrected chi connectivity index (χ1v) is 7.21. The Balaban J connectivity index is 2.45. The molecule has 1 aromatic carbocycles. The molecular formula is C15H21ClN2O4. The first-order chi connectivity index (χ1) is 10.3. The molecule has 0 aliphatic carbocycles. The molecule has 1 aromatic rings. The molecule has 0 spiro atoms. The van der Waals surface area contributed by atoms with Crippen LogP contribution in [0.25, 0.3) is 0 Å². The number of halogens is 1. The number of ether oxygens (including phenoxy) is 2. The summed E-state index contributed by atoms with van der Waals surface area (Å²) in [7, 11) is 1.55. The second-order valence-electron chi connectivity index (χ2n) is 5.09. The highest BCUT2D eigenvalue weighted by atomic mass is 35.5. The summed E-state index contributed by atoms with van der Waals surface area (Å²) in [5.74, 6) is -0.147. The van der Waals surface area contributed by atoms with Crippen molar-refractivity contribution in [2.45, 2.75) is 19.4 Å². The fourth-order valence-corrected chi connectivity index (χ4v) is 1.70. The Hall–Kier alpha value is -1.79. The maximum atomic E-state index is 12.1. The van der Waals surface area contributed by atoms with Gasteiger partial charge in [-0.15, -0.1) is 0 Å². The van der Waals surface area contributed by atoms with Crippen molar-refractivity contribution in [1.82, 2.24) is 10.6 Å². The average molecular weight is 329 g/mol. The molecule has 0 aliphatic rings. The molecular weight excluding hydrogens is 308 g/mol. The van der Waals surface area contributed by atoms with Gasteiger partial charge in [0, 0.05) is 18.7 Å². The van der Waals surface area contributed by atoms with E-state index in [0.717, 1.165) is 0 Å². The van der Waals surface area contributed by atoms with Gasteiger partial charge in [-0.25, -0.2) is 0 Å². The normalized spacial score (nSPS) is 10.9. The Kier molecular flexibility index (Phi) is 7.14. The van der Waals surface area contributed by atoms with Crippen LogP contribution in [0.15, 0.2) is 24.3 Å². The minimum Gasteiger partial charge on any atom is -0.478 e. The molecule has 0 aliphatic heterocycles. The Morgan fingerprint density at radius 2 is 1.82 bits per heavy atom. The molecule has 0 unspecified atom stereocenters. The molecule has 1 rings (SSSR count). The Bertz CT molecular complexity index is 503. The number of rotatable bonds is 8. The zero-order valence-corrected chi connectivity index (χ0v) is 13.7. The topological polar surface area (TPSA) is 76.7 Å². The third-order valence-electron chi connectivity index (χ3n) is 2.77. The summed E-state index contributed by atoms with van der Waals surface area (Å²) >= 11 is 5.79. The first-order valence-electron chi connectivity index (χ1n) is 6.83. The smallest absolute Gasteiger partial charge is 0.264 e. The molecule has 2 amide bonds. The summed E-state index contributed by atoms with van der Waals surface area (Å²) in [6.07, 6.45) is 0. The standard InChI is InChI=1S/C15H21ClN2O4/c1-15(2,22-12-6-4-11(16)5-7-12)14(20)18-10-13(19)17-8-9-21-3/h4-7H,8-10H2,1-3H3,(H,17,19)(H,18,20). The van der Waals surface area contributed by atoms with Crippen molar-refractivity contribution in [3.05, 3.63) is 29.3 Å². The molecule has 0 aromatic heterocycles. The minimum absolute atomic E-state index is 0.115. The number of benzene rings is 1. The van der Waals surface area contributed by atoms with Gasteiger partial charge in [0.05, 0.1) is 13.2 Å². The van der Waals surface area contributed by atoms with Gasteiger partial charge in [-0.3, -0.25) is 9.59 Å². The van der Waals surface area contributed by atoms with Crippen LogP contribution < -0.4 is 15.4 Å². The van der Waals surface area contributed by atoms with Crippen LogP contribution in [0.3, 0.4) is 0 Å². The van der Waals surface area contributed by atoms with Gasteiger partial charge >= 0.3 is 0 Å². The van der Waals surface area contributed by atoms with Crippen molar-refractivity contribution >= 4 is 23.4 Å². The number of hydrogen-bond donors (Lipinski definition) is 2. The summed E-state index contributed by atoms with van der Waals surface area (Å²) in [4.78, 5) is 23.6. The van der Waals surface area contributed by atoms with Crippen molar-refractivity contribution in [1.29, 1.82) is 0 Å². The van der Waals surface area contributed by atoms with E-state index in [0.29, 0.717) is 23.9 Å². The number of carbonyl (C=O) groups is 2. The van der Waals surface area contributed by atoms with Gasteiger partial charge in [0.25, 0.3) is 5.91 Å². The molecule has 22 heavy (non-hydrogen) atoms. The molecule has 6 nitrogen and oxygen atoms in total. The number of amides is 2. The monoisotopic (exact) mass is 328 g/mol. The fraction of sp³-hybridized carbons (Fsp3) is 0.467. The van der Waals surface area contributed by atoms with Crippen LogP contribution in [0.4, 0.5) is 0 Å². The molecule has 0 fully saturated rings. The van der Waals surface area contributed by atoms with E-state index in [4.69, 9.17) is 21.1 Å². The van der Waals surface area contributed by atoms with Crippen LogP contribution in [0, 0.1) is 0 Å². The molecule has 0 bridgehead atoms. The highest BCUT2D eigenvalue weighted by molar-refractivity contribution is 6.30. The zero-order chi connectivity index (χ0) is 16.6. The molecule has 0 heterocycles. The van der Waals surface area contributed by atoms with Crippen molar-refractivity contribution < 1.29 is 19.1 Å². The Morgan fingerprint density at radius 1 is 1.18 bits per heavy atom. The van der Waals surface area contributed by atoms with Gasteiger partial charge in [0.15, 0.2) is 5.60 Å². The van der Waals surface area contributed by atoms with Gasteiger partial charge in [-0.1, -0.05) is 11.6 Å². The summed E-state index contributed by atoms with van der Waals surface area (Å²) in [5, 5.41) is 5.74. The van der Waals surface area contributed by atoms with Gasteiger partial charge in [-0.05, 0) is 38.1 Å². The van der Waals surface area contributed by atoms with Crippen molar-refractivity contribution in [3.8, 4) is 5.75 Å². The average Bonchev–Trinajstić information content (AvgIpc) is 2.47. The van der Waals surface area contributed by atoms with E-state index in [-0.39, 0.29) is 18.4 Å². The number of nitrogens with one attached hydrogen (secondary N) is 2. The van der Waals surface area contributed by atoms with Crippen LogP contribution in [0.5, 0.6) is 5.75 Å². The Morgan fingerprint density at radius 3 is 2.41 bits per heavy atom. The molecule has 7 heteroatoms. The maximum absolute atomic E-state index is 12.1. The van der Waals surface area contributed by atoms with Crippen molar-refractivity contribution in [3.63, 3.8) is 0 Å². The lowest BCUT2D eigenvalue weighted by Crippen LogP contribution is -2.49. The predicted octanol–water partition coefficient (Wildman–Crippen LogP) is 1.38. The highest BCUT2D eigenvalue weighted by Crippen LogP contribution is 2.20. The van der Waals surface area contributed by atoms with Gasteiger partial charge < -0.3 is 20.1 Å². The fourth-order valence-electron chi connectivity index (χ4n) is 1.57. The Labute approximate surface area is 135 Å². The van der Waals surface area contributed by atoms with Crippen molar-refractivity contribution in [2.75, 3.05) is 26.8 Å². The van der Waals surface area contributed by atoms with Crippen LogP contribution >= 0.6 is 11.6 Å². The van der Waals surface area contributed by atoms with Crippen LogP contribution in [-0.4, -0.2) is 44.2 Å². The minimum atomic E-state index is -1.11. The van der Waals surface area contributed by atoms with E-state index in [2.05, 4.69) is 10.6 Å². The lowest BCUT2D eigenvalue weighted by Gasteiger charge is -2.25. The molecule has 0 saturated carbocycles. The first kappa shape index (κ1) is 18.3. The largest absolute Gasteiger partial charge is 0.478 e. The molecule has 0 atom stereocenters. The number of methoxy groups -OCH3 is 1. The summed E-state index contributed by atoms with van der Waals surface area (Å²) in [5.41, 5.74) is -1.11. The van der Waals surface area contributed by atoms with E-state index in [1.807, 2.05) is 0 Å². The van der Waals surface area contributed by atoms with E-state index < -0.39 is 5.60 Å². The van der Waals surface area contributed by atoms with Crippen LogP contribution in [0.2, 0.25) is 5.02 Å². The van der Waals surface area contributed by atoms with E-state index in [9.17, 15) is 9.59 Å². The summed E-state index contributed by atoms with van der Waals surface area (Å²) < 4.78 is 10.4. The van der Waals surface area contributed by atoms with Crippen LogP contribution in [-0.2, 0) is 14.3 Å². The van der Waals surface area contributed by atoms with Gasteiger partial charge in [0.2, 0.25) is 5.91 Å². The molecule has 122 valence electrons. The third-order valence-corrected chi connectivity index (χ3v) is 3.02. The predicted molar refractivity (Wildman–Crippen MR) is 84.1 cm³/mol. The summed E-state index contributed by atoms with van der Waals surface area (Å²) in [6, 6.07) is 6.70. The van der Waals surface area contributed by atoms with E-state index >= 15 is 0 Å². The number of hydrogen-bond acceptors (Lipinski definition) is 4. The number of carbonyl (C=O) groups excluding carboxylic acids is 2. The van der Waals surface area contributed by atoms with Crippen LogP contribution in [0.1, 0.15) is 13.8 Å². The lowest BCUT2D eigenvalue weighted by molar-refractivity contribution is -0.136. The molecule has 2 N–H and O–H groups in total. The second kappa shape index (κ2) is 8.60. The quantitative estimate of drug-likeness (QED) is 0.707. The zero-order valence-electron chi connectivity index (χ0n) is 12.9. The third kappa shape index (κ3) is 6.32. The highest BCUT2D eigenvalue weighted by Gasteiger charge is 2.30. The van der Waals surface area contributed by atoms with E-state index in [1.54, 1.807) is 45.2 Å². The van der Waals surface area contributed by atoms with Gasteiger partial charge in [-0.2, -0.15) is 0 Å². The molecule has 0 radical (unpaired) electrons. The van der Waals surface area contributed by atoms with Crippen molar-refractivity contribution in [2.24, 2.45) is 0 Å².